The molecule has 0 spiro atoms. The maximum Gasteiger partial charge on any atom is 0.245 e. The largest absolute Gasteiger partial charge is 0.397 e. The maximum absolute atomic E-state index is 12.7. The minimum Gasteiger partial charge on any atom is -0.397 e. The SMILES string of the molecule is Cc1ccc(C)c(S(=O)(=O)N(C)Cc2cn[nH]c2)c1N. The van der Waals surface area contributed by atoms with Crippen LogP contribution >= 0.6 is 0 Å². The van der Waals surface area contributed by atoms with Crippen LogP contribution in [0.2, 0.25) is 0 Å². The number of nitrogen functional groups attached to an aromatic ring is 1. The molecule has 1 heterocycles. The lowest BCUT2D eigenvalue weighted by molar-refractivity contribution is 0.466. The van der Waals surface area contributed by atoms with Gasteiger partial charge in [-0.1, -0.05) is 12.1 Å². The number of nitrogens with zero attached hydrogens (tertiary/aromatic N) is 2. The molecule has 0 fully saturated rings. The first-order chi connectivity index (χ1) is 9.34. The van der Waals surface area contributed by atoms with Crippen molar-refractivity contribution in [2.24, 2.45) is 0 Å². The second-order valence-electron chi connectivity index (χ2n) is 4.81. The normalized spacial score (nSPS) is 12.0. The molecule has 0 aliphatic rings. The predicted octanol–water partition coefficient (Wildman–Crippen LogP) is 1.43. The molecule has 2 aromatic rings. The molecule has 3 N–H and O–H groups in total. The van der Waals surface area contributed by atoms with Crippen LogP contribution in [-0.4, -0.2) is 30.0 Å². The molecule has 1 aromatic carbocycles. The van der Waals surface area contributed by atoms with Gasteiger partial charge in [0.15, 0.2) is 0 Å². The zero-order valence-corrected chi connectivity index (χ0v) is 12.5. The Morgan fingerprint density at radius 1 is 1.30 bits per heavy atom. The van der Waals surface area contributed by atoms with Crippen molar-refractivity contribution < 1.29 is 8.42 Å². The van der Waals surface area contributed by atoms with Crippen LogP contribution in [0.1, 0.15) is 16.7 Å². The van der Waals surface area contributed by atoms with E-state index in [0.29, 0.717) is 11.3 Å². The fraction of sp³-hybridized carbons (Fsp3) is 0.308. The van der Waals surface area contributed by atoms with Gasteiger partial charge in [-0.05, 0) is 25.0 Å². The molecule has 7 heteroatoms. The summed E-state index contributed by atoms with van der Waals surface area (Å²) in [5, 5.41) is 6.47. The highest BCUT2D eigenvalue weighted by molar-refractivity contribution is 7.89. The van der Waals surface area contributed by atoms with E-state index in [2.05, 4.69) is 10.2 Å². The molecule has 20 heavy (non-hydrogen) atoms. The second-order valence-corrected chi connectivity index (χ2v) is 6.79. The van der Waals surface area contributed by atoms with Crippen LogP contribution in [-0.2, 0) is 16.6 Å². The Kier molecular flexibility index (Phi) is 3.82. The zero-order valence-electron chi connectivity index (χ0n) is 11.7. The summed E-state index contributed by atoms with van der Waals surface area (Å²) in [6.07, 6.45) is 3.26. The first-order valence-electron chi connectivity index (χ1n) is 6.13. The lowest BCUT2D eigenvalue weighted by Gasteiger charge is -2.20. The summed E-state index contributed by atoms with van der Waals surface area (Å²) in [7, 11) is -2.10. The van der Waals surface area contributed by atoms with Crippen molar-refractivity contribution in [1.29, 1.82) is 0 Å². The predicted molar refractivity (Wildman–Crippen MR) is 77.6 cm³/mol. The van der Waals surface area contributed by atoms with Gasteiger partial charge in [0.1, 0.15) is 4.90 Å². The van der Waals surface area contributed by atoms with Gasteiger partial charge in [0.2, 0.25) is 10.0 Å². The number of nitrogens with two attached hydrogens (primary N) is 1. The van der Waals surface area contributed by atoms with Gasteiger partial charge in [-0.2, -0.15) is 9.40 Å². The topological polar surface area (TPSA) is 92.1 Å². The number of aryl methyl sites for hydroxylation is 2. The van der Waals surface area contributed by atoms with Crippen LogP contribution in [0, 0.1) is 13.8 Å². The molecular weight excluding hydrogens is 276 g/mol. The van der Waals surface area contributed by atoms with E-state index in [0.717, 1.165) is 11.1 Å². The number of hydrogen-bond donors (Lipinski definition) is 2. The molecule has 0 unspecified atom stereocenters. The van der Waals surface area contributed by atoms with Gasteiger partial charge < -0.3 is 5.73 Å². The van der Waals surface area contributed by atoms with E-state index in [-0.39, 0.29) is 11.4 Å². The van der Waals surface area contributed by atoms with Crippen molar-refractivity contribution in [2.45, 2.75) is 25.3 Å². The highest BCUT2D eigenvalue weighted by Crippen LogP contribution is 2.28. The van der Waals surface area contributed by atoms with E-state index >= 15 is 0 Å². The van der Waals surface area contributed by atoms with Crippen LogP contribution in [0.15, 0.2) is 29.4 Å². The molecule has 0 atom stereocenters. The standard InChI is InChI=1S/C13H18N4O2S/c1-9-4-5-10(2)13(12(9)14)20(18,19)17(3)8-11-6-15-16-7-11/h4-7H,8,14H2,1-3H3,(H,15,16). The van der Waals surface area contributed by atoms with E-state index in [1.165, 1.54) is 11.4 Å². The number of nitrogens with one attached hydrogen (secondary N) is 1. The molecule has 0 saturated heterocycles. The first kappa shape index (κ1) is 14.5. The molecule has 0 saturated carbocycles. The molecule has 0 amide bonds. The van der Waals surface area contributed by atoms with Gasteiger partial charge in [0.05, 0.1) is 11.9 Å². The minimum absolute atomic E-state index is 0.184. The summed E-state index contributed by atoms with van der Waals surface area (Å²) in [6, 6.07) is 3.59. The Morgan fingerprint density at radius 3 is 2.55 bits per heavy atom. The highest BCUT2D eigenvalue weighted by atomic mass is 32.2. The molecule has 108 valence electrons. The summed E-state index contributed by atoms with van der Waals surface area (Å²) < 4.78 is 26.6. The summed E-state index contributed by atoms with van der Waals surface area (Å²) in [6.45, 7) is 3.78. The Bertz CT molecular complexity index is 708. The van der Waals surface area contributed by atoms with Gasteiger partial charge >= 0.3 is 0 Å². The van der Waals surface area contributed by atoms with Gasteiger partial charge in [0.25, 0.3) is 0 Å². The van der Waals surface area contributed by atoms with E-state index < -0.39 is 10.0 Å². The van der Waals surface area contributed by atoms with Crippen LogP contribution < -0.4 is 5.73 Å². The van der Waals surface area contributed by atoms with Crippen LogP contribution in [0.4, 0.5) is 5.69 Å². The summed E-state index contributed by atoms with van der Waals surface area (Å²) >= 11 is 0. The number of hydrogen-bond acceptors (Lipinski definition) is 4. The van der Waals surface area contributed by atoms with Gasteiger partial charge in [0, 0.05) is 25.4 Å². The molecule has 0 aliphatic carbocycles. The monoisotopic (exact) mass is 294 g/mol. The Labute approximate surface area is 118 Å². The third-order valence-corrected chi connectivity index (χ3v) is 5.25. The van der Waals surface area contributed by atoms with Gasteiger partial charge in [-0.25, -0.2) is 8.42 Å². The Morgan fingerprint density at radius 2 is 1.95 bits per heavy atom. The third kappa shape index (κ3) is 2.54. The van der Waals surface area contributed by atoms with E-state index in [1.807, 2.05) is 6.07 Å². The van der Waals surface area contributed by atoms with Crippen molar-refractivity contribution in [3.05, 3.63) is 41.2 Å². The maximum atomic E-state index is 12.7. The second kappa shape index (κ2) is 5.26. The van der Waals surface area contributed by atoms with Crippen LogP contribution in [0.25, 0.3) is 0 Å². The number of aromatic amines is 1. The number of H-pyrrole nitrogens is 1. The minimum atomic E-state index is -3.63. The van der Waals surface area contributed by atoms with Crippen LogP contribution in [0.3, 0.4) is 0 Å². The molecule has 0 bridgehead atoms. The molecular formula is C13H18N4O2S. The van der Waals surface area contributed by atoms with E-state index in [9.17, 15) is 8.42 Å². The fourth-order valence-electron chi connectivity index (χ4n) is 2.01. The fourth-order valence-corrected chi connectivity index (χ4v) is 3.56. The Balaban J connectivity index is 2.42. The molecule has 0 aliphatic heterocycles. The van der Waals surface area contributed by atoms with Crippen LogP contribution in [0.5, 0.6) is 0 Å². The lowest BCUT2D eigenvalue weighted by atomic mass is 10.1. The highest BCUT2D eigenvalue weighted by Gasteiger charge is 2.26. The smallest absolute Gasteiger partial charge is 0.245 e. The molecule has 1 aromatic heterocycles. The van der Waals surface area contributed by atoms with Crippen molar-refractivity contribution >= 4 is 15.7 Å². The molecule has 6 nitrogen and oxygen atoms in total. The molecule has 2 rings (SSSR count). The van der Waals surface area contributed by atoms with Gasteiger partial charge in [-0.3, -0.25) is 5.10 Å². The number of benzene rings is 1. The van der Waals surface area contributed by atoms with Crippen molar-refractivity contribution in [1.82, 2.24) is 14.5 Å². The lowest BCUT2D eigenvalue weighted by Crippen LogP contribution is -2.28. The Hall–Kier alpha value is -1.86. The number of sulfonamides is 1. The van der Waals surface area contributed by atoms with Crippen molar-refractivity contribution in [3.8, 4) is 0 Å². The first-order valence-corrected chi connectivity index (χ1v) is 7.57. The summed E-state index contributed by atoms with van der Waals surface area (Å²) in [5.41, 5.74) is 8.46. The third-order valence-electron chi connectivity index (χ3n) is 3.24. The average Bonchev–Trinajstić information content (AvgIpc) is 2.87. The van der Waals surface area contributed by atoms with Gasteiger partial charge in [-0.15, -0.1) is 0 Å². The quantitative estimate of drug-likeness (QED) is 0.834. The van der Waals surface area contributed by atoms with Crippen molar-refractivity contribution in [3.63, 3.8) is 0 Å². The number of anilines is 1. The summed E-state index contributed by atoms with van der Waals surface area (Å²) in [5.74, 6) is 0. The summed E-state index contributed by atoms with van der Waals surface area (Å²) in [4.78, 5) is 0.184. The number of aromatic nitrogens is 2. The van der Waals surface area contributed by atoms with Crippen molar-refractivity contribution in [2.75, 3.05) is 12.8 Å². The van der Waals surface area contributed by atoms with E-state index in [4.69, 9.17) is 5.73 Å². The zero-order chi connectivity index (χ0) is 14.9. The van der Waals surface area contributed by atoms with E-state index in [1.54, 1.807) is 32.3 Å². The molecule has 0 radical (unpaired) electrons. The number of rotatable bonds is 4. The average molecular weight is 294 g/mol.